The fraction of sp³-hybridized carbons (Fsp3) is 0.250. The maximum Gasteiger partial charge on any atom is 0.0845 e. The summed E-state index contributed by atoms with van der Waals surface area (Å²) >= 11 is 1.65. The van der Waals surface area contributed by atoms with Gasteiger partial charge in [0.15, 0.2) is 0 Å². The van der Waals surface area contributed by atoms with Gasteiger partial charge in [0.1, 0.15) is 0 Å². The summed E-state index contributed by atoms with van der Waals surface area (Å²) in [5.41, 5.74) is 3.15. The summed E-state index contributed by atoms with van der Waals surface area (Å²) in [4.78, 5) is 4.08. The summed E-state index contributed by atoms with van der Waals surface area (Å²) in [7, 11) is 0. The first-order valence-electron chi connectivity index (χ1n) is 4.86. The van der Waals surface area contributed by atoms with Crippen molar-refractivity contribution < 1.29 is 5.11 Å². The Morgan fingerprint density at radius 1 is 1.47 bits per heavy atom. The number of thiophene rings is 1. The van der Waals surface area contributed by atoms with E-state index in [0.717, 1.165) is 11.1 Å². The van der Waals surface area contributed by atoms with Gasteiger partial charge in [0.25, 0.3) is 0 Å². The molecule has 15 heavy (non-hydrogen) atoms. The summed E-state index contributed by atoms with van der Waals surface area (Å²) in [6.07, 6.45) is 3.73. The van der Waals surface area contributed by atoms with Crippen molar-refractivity contribution in [2.45, 2.75) is 19.4 Å². The lowest BCUT2D eigenvalue weighted by Gasteiger charge is -2.09. The fourth-order valence-corrected chi connectivity index (χ4v) is 2.19. The van der Waals surface area contributed by atoms with Crippen molar-refractivity contribution in [1.82, 2.24) is 4.98 Å². The van der Waals surface area contributed by atoms with Gasteiger partial charge in [-0.2, -0.15) is 11.3 Å². The van der Waals surface area contributed by atoms with E-state index in [1.807, 2.05) is 24.4 Å². The zero-order valence-corrected chi connectivity index (χ0v) is 9.37. The van der Waals surface area contributed by atoms with Gasteiger partial charge in [-0.3, -0.25) is 4.98 Å². The summed E-state index contributed by atoms with van der Waals surface area (Å²) in [6, 6.07) is 4.02. The molecule has 0 fully saturated rings. The maximum absolute atomic E-state index is 9.98. The van der Waals surface area contributed by atoms with Crippen LogP contribution in [0.15, 0.2) is 35.3 Å². The van der Waals surface area contributed by atoms with Gasteiger partial charge >= 0.3 is 0 Å². The van der Waals surface area contributed by atoms with Crippen LogP contribution in [-0.4, -0.2) is 10.1 Å². The Kier molecular flexibility index (Phi) is 3.14. The van der Waals surface area contributed by atoms with Crippen LogP contribution in [0.4, 0.5) is 0 Å². The topological polar surface area (TPSA) is 33.1 Å². The SMILES string of the molecule is Cc1cncc(C(O)Cc2ccsc2)c1. The molecular formula is C12H13NOS. The van der Waals surface area contributed by atoms with Crippen molar-refractivity contribution in [1.29, 1.82) is 0 Å². The van der Waals surface area contributed by atoms with Gasteiger partial charge in [0.05, 0.1) is 6.10 Å². The lowest BCUT2D eigenvalue weighted by atomic mass is 10.0. The molecule has 0 radical (unpaired) electrons. The lowest BCUT2D eigenvalue weighted by Crippen LogP contribution is -2.01. The number of hydrogen-bond acceptors (Lipinski definition) is 3. The minimum Gasteiger partial charge on any atom is -0.388 e. The largest absolute Gasteiger partial charge is 0.388 e. The molecule has 0 aliphatic carbocycles. The fourth-order valence-electron chi connectivity index (χ4n) is 1.51. The van der Waals surface area contributed by atoms with Gasteiger partial charge in [-0.05, 0) is 40.4 Å². The normalized spacial score (nSPS) is 12.7. The highest BCUT2D eigenvalue weighted by Crippen LogP contribution is 2.19. The number of nitrogens with zero attached hydrogens (tertiary/aromatic N) is 1. The number of aliphatic hydroxyl groups excluding tert-OH is 1. The molecule has 0 saturated heterocycles. The molecule has 2 nitrogen and oxygen atoms in total. The Morgan fingerprint density at radius 3 is 3.00 bits per heavy atom. The molecule has 0 saturated carbocycles. The summed E-state index contributed by atoms with van der Waals surface area (Å²) in [6.45, 7) is 1.98. The van der Waals surface area contributed by atoms with Crippen LogP contribution in [0.5, 0.6) is 0 Å². The second-order valence-corrected chi connectivity index (χ2v) is 4.43. The number of hydrogen-bond donors (Lipinski definition) is 1. The average molecular weight is 219 g/mol. The van der Waals surface area contributed by atoms with Crippen LogP contribution >= 0.6 is 11.3 Å². The van der Waals surface area contributed by atoms with Crippen LogP contribution < -0.4 is 0 Å². The van der Waals surface area contributed by atoms with Gasteiger partial charge in [-0.1, -0.05) is 6.07 Å². The summed E-state index contributed by atoms with van der Waals surface area (Å²) in [5.74, 6) is 0. The van der Waals surface area contributed by atoms with E-state index in [0.29, 0.717) is 6.42 Å². The van der Waals surface area contributed by atoms with Gasteiger partial charge < -0.3 is 5.11 Å². The highest BCUT2D eigenvalue weighted by molar-refractivity contribution is 7.07. The molecule has 78 valence electrons. The molecule has 2 heterocycles. The van der Waals surface area contributed by atoms with E-state index < -0.39 is 6.10 Å². The molecule has 0 spiro atoms. The second kappa shape index (κ2) is 4.55. The molecular weight excluding hydrogens is 206 g/mol. The van der Waals surface area contributed by atoms with Gasteiger partial charge in [-0.15, -0.1) is 0 Å². The van der Waals surface area contributed by atoms with Crippen molar-refractivity contribution in [3.8, 4) is 0 Å². The third-order valence-corrected chi connectivity index (χ3v) is 3.02. The van der Waals surface area contributed by atoms with Crippen LogP contribution in [0, 0.1) is 6.92 Å². The van der Waals surface area contributed by atoms with E-state index in [2.05, 4.69) is 10.4 Å². The molecule has 0 bridgehead atoms. The van der Waals surface area contributed by atoms with Gasteiger partial charge in [0, 0.05) is 18.8 Å². The zero-order valence-electron chi connectivity index (χ0n) is 8.55. The molecule has 3 heteroatoms. The smallest absolute Gasteiger partial charge is 0.0845 e. The van der Waals surface area contributed by atoms with Crippen molar-refractivity contribution in [2.75, 3.05) is 0 Å². The van der Waals surface area contributed by atoms with E-state index in [1.165, 1.54) is 5.56 Å². The number of aryl methyl sites for hydroxylation is 1. The predicted octanol–water partition coefficient (Wildman–Crippen LogP) is 2.73. The van der Waals surface area contributed by atoms with Crippen molar-refractivity contribution in [2.24, 2.45) is 0 Å². The predicted molar refractivity (Wildman–Crippen MR) is 62.0 cm³/mol. The van der Waals surface area contributed by atoms with Crippen LogP contribution in [0.25, 0.3) is 0 Å². The Labute approximate surface area is 93.2 Å². The molecule has 2 rings (SSSR count). The van der Waals surface area contributed by atoms with E-state index in [9.17, 15) is 5.11 Å². The molecule has 0 aromatic carbocycles. The van der Waals surface area contributed by atoms with Crippen LogP contribution in [0.1, 0.15) is 22.8 Å². The van der Waals surface area contributed by atoms with E-state index in [-0.39, 0.29) is 0 Å². The number of pyridine rings is 1. The first-order chi connectivity index (χ1) is 7.25. The molecule has 0 aliphatic rings. The molecule has 0 aliphatic heterocycles. The highest BCUT2D eigenvalue weighted by atomic mass is 32.1. The molecule has 1 N–H and O–H groups in total. The molecule has 2 aromatic rings. The molecule has 1 unspecified atom stereocenters. The standard InChI is InChI=1S/C12H13NOS/c1-9-4-11(7-13-6-9)12(14)5-10-2-3-15-8-10/h2-4,6-8,12,14H,5H2,1H3. The van der Waals surface area contributed by atoms with Crippen LogP contribution in [0.3, 0.4) is 0 Å². The Hall–Kier alpha value is -1.19. The molecule has 2 aromatic heterocycles. The second-order valence-electron chi connectivity index (χ2n) is 3.65. The minimum absolute atomic E-state index is 0.452. The Morgan fingerprint density at radius 2 is 2.33 bits per heavy atom. The number of rotatable bonds is 3. The Balaban J connectivity index is 2.11. The average Bonchev–Trinajstić information content (AvgIpc) is 2.70. The highest BCUT2D eigenvalue weighted by Gasteiger charge is 2.09. The summed E-state index contributed by atoms with van der Waals surface area (Å²) < 4.78 is 0. The first-order valence-corrected chi connectivity index (χ1v) is 5.80. The third kappa shape index (κ3) is 2.64. The molecule has 0 amide bonds. The quantitative estimate of drug-likeness (QED) is 0.861. The van der Waals surface area contributed by atoms with Gasteiger partial charge in [-0.25, -0.2) is 0 Å². The van der Waals surface area contributed by atoms with E-state index in [1.54, 1.807) is 23.7 Å². The van der Waals surface area contributed by atoms with Crippen LogP contribution in [-0.2, 0) is 6.42 Å². The van der Waals surface area contributed by atoms with Crippen molar-refractivity contribution in [3.05, 3.63) is 52.0 Å². The number of aliphatic hydroxyl groups is 1. The Bertz CT molecular complexity index is 425. The summed E-state index contributed by atoms with van der Waals surface area (Å²) in [5, 5.41) is 14.1. The third-order valence-electron chi connectivity index (χ3n) is 2.29. The molecule has 1 atom stereocenters. The zero-order chi connectivity index (χ0) is 10.7. The van der Waals surface area contributed by atoms with E-state index >= 15 is 0 Å². The van der Waals surface area contributed by atoms with E-state index in [4.69, 9.17) is 0 Å². The lowest BCUT2D eigenvalue weighted by molar-refractivity contribution is 0.178. The minimum atomic E-state index is -0.452. The van der Waals surface area contributed by atoms with Crippen molar-refractivity contribution >= 4 is 11.3 Å². The maximum atomic E-state index is 9.98. The first kappa shape index (κ1) is 10.3. The monoisotopic (exact) mass is 219 g/mol. The van der Waals surface area contributed by atoms with Gasteiger partial charge in [0.2, 0.25) is 0 Å². The number of aromatic nitrogens is 1. The van der Waals surface area contributed by atoms with Crippen LogP contribution in [0.2, 0.25) is 0 Å². The van der Waals surface area contributed by atoms with Crippen molar-refractivity contribution in [3.63, 3.8) is 0 Å².